The second kappa shape index (κ2) is 15.9. The Bertz CT molecular complexity index is 1310. The predicted octanol–water partition coefficient (Wildman–Crippen LogP) is 10.9. The largest absolute Gasteiger partial charge is 0.490 e. The zero-order chi connectivity index (χ0) is 29.9. The number of unbranched alkanes of at least 4 members (excludes halogenated alkanes) is 5. The average Bonchev–Trinajstić information content (AvgIpc) is 3.01. The first-order valence-corrected chi connectivity index (χ1v) is 15.4. The fourth-order valence-corrected chi connectivity index (χ4v) is 5.59. The van der Waals surface area contributed by atoms with E-state index >= 15 is 8.78 Å². The van der Waals surface area contributed by atoms with Crippen LogP contribution >= 0.6 is 0 Å². The molecular formula is C36H42F4O2. The lowest BCUT2D eigenvalue weighted by Crippen LogP contribution is -2.25. The van der Waals surface area contributed by atoms with Crippen LogP contribution in [0.15, 0.2) is 60.7 Å². The Balaban J connectivity index is 1.39. The summed E-state index contributed by atoms with van der Waals surface area (Å²) in [6.07, 6.45) is 14.2. The summed E-state index contributed by atoms with van der Waals surface area (Å²) >= 11 is 0. The molecule has 42 heavy (non-hydrogen) atoms. The van der Waals surface area contributed by atoms with Gasteiger partial charge in [-0.15, -0.1) is 0 Å². The third-order valence-corrected chi connectivity index (χ3v) is 8.12. The number of rotatable bonds is 14. The molecule has 1 aliphatic heterocycles. The normalized spacial score (nSPS) is 17.2. The van der Waals surface area contributed by atoms with Crippen molar-refractivity contribution in [3.05, 3.63) is 89.5 Å². The zero-order valence-electron chi connectivity index (χ0n) is 24.7. The highest BCUT2D eigenvalue weighted by atomic mass is 19.2. The molecule has 226 valence electrons. The molecule has 4 rings (SSSR count). The van der Waals surface area contributed by atoms with Crippen molar-refractivity contribution >= 4 is 0 Å². The highest BCUT2D eigenvalue weighted by molar-refractivity contribution is 5.72. The van der Waals surface area contributed by atoms with Gasteiger partial charge in [0.25, 0.3) is 0 Å². The SMILES string of the molecule is C/C=C/CCC1CCC(c2ccc(-c3ccc(-c4ccc(OCCCCCCCC)c(F)c4F)cc3)c(F)c2F)CO1. The number of benzene rings is 3. The van der Waals surface area contributed by atoms with Gasteiger partial charge in [-0.2, -0.15) is 4.39 Å². The molecule has 2 unspecified atom stereocenters. The van der Waals surface area contributed by atoms with Gasteiger partial charge in [0, 0.05) is 17.0 Å². The van der Waals surface area contributed by atoms with E-state index in [1.54, 1.807) is 36.4 Å². The van der Waals surface area contributed by atoms with E-state index in [1.165, 1.54) is 31.4 Å². The second-order valence-corrected chi connectivity index (χ2v) is 11.1. The topological polar surface area (TPSA) is 18.5 Å². The van der Waals surface area contributed by atoms with Crippen LogP contribution in [0.3, 0.4) is 0 Å². The van der Waals surface area contributed by atoms with Crippen molar-refractivity contribution in [3.63, 3.8) is 0 Å². The van der Waals surface area contributed by atoms with Crippen LogP contribution in [0, 0.1) is 23.3 Å². The molecule has 1 heterocycles. The molecule has 1 aliphatic rings. The molecule has 0 saturated carbocycles. The van der Waals surface area contributed by atoms with Crippen LogP contribution in [0.1, 0.15) is 89.5 Å². The standard InChI is InChI=1S/C36H42F4O2/c1-3-5-7-8-9-11-23-41-32-22-21-30(35(39)36(32)40)26-15-13-25(14-16-26)29-19-20-31(34(38)33(29)37)27-17-18-28(42-24-27)12-10-6-4-2/h4,6,13-16,19-22,27-28H,3,5,7-12,17-18,23-24H2,1-2H3/b6-4+. The highest BCUT2D eigenvalue weighted by Crippen LogP contribution is 2.36. The number of ether oxygens (including phenoxy) is 2. The van der Waals surface area contributed by atoms with Crippen LogP contribution in [0.5, 0.6) is 5.75 Å². The van der Waals surface area contributed by atoms with Gasteiger partial charge in [-0.05, 0) is 67.9 Å². The average molecular weight is 583 g/mol. The van der Waals surface area contributed by atoms with E-state index in [-0.39, 0.29) is 28.9 Å². The molecule has 2 nitrogen and oxygen atoms in total. The van der Waals surface area contributed by atoms with Crippen molar-refractivity contribution in [1.82, 2.24) is 0 Å². The Hall–Kier alpha value is -3.12. The van der Waals surface area contributed by atoms with Crippen LogP contribution in [-0.2, 0) is 4.74 Å². The monoisotopic (exact) mass is 582 g/mol. The molecule has 0 N–H and O–H groups in total. The number of hydrogen-bond acceptors (Lipinski definition) is 2. The quantitative estimate of drug-likeness (QED) is 0.107. The van der Waals surface area contributed by atoms with Crippen LogP contribution in [0.4, 0.5) is 17.6 Å². The summed E-state index contributed by atoms with van der Waals surface area (Å²) in [5.41, 5.74) is 1.41. The molecule has 1 fully saturated rings. The molecular weight excluding hydrogens is 540 g/mol. The maximum Gasteiger partial charge on any atom is 0.201 e. The first kappa shape index (κ1) is 31.8. The van der Waals surface area contributed by atoms with Gasteiger partial charge < -0.3 is 9.47 Å². The lowest BCUT2D eigenvalue weighted by Gasteiger charge is -2.29. The number of allylic oxidation sites excluding steroid dienone is 2. The van der Waals surface area contributed by atoms with Gasteiger partial charge in [0.2, 0.25) is 5.82 Å². The molecule has 2 atom stereocenters. The maximum absolute atomic E-state index is 15.2. The predicted molar refractivity (Wildman–Crippen MR) is 162 cm³/mol. The van der Waals surface area contributed by atoms with Crippen LogP contribution in [-0.4, -0.2) is 19.3 Å². The van der Waals surface area contributed by atoms with E-state index in [4.69, 9.17) is 9.47 Å². The molecule has 0 aromatic heterocycles. The lowest BCUT2D eigenvalue weighted by atomic mass is 9.88. The summed E-state index contributed by atoms with van der Waals surface area (Å²) in [4.78, 5) is 0. The first-order chi connectivity index (χ1) is 20.4. The summed E-state index contributed by atoms with van der Waals surface area (Å²) < 4.78 is 71.5. The third kappa shape index (κ3) is 8.03. The van der Waals surface area contributed by atoms with Gasteiger partial charge in [0.1, 0.15) is 0 Å². The molecule has 3 aromatic rings. The summed E-state index contributed by atoms with van der Waals surface area (Å²) in [6.45, 7) is 4.85. The van der Waals surface area contributed by atoms with E-state index in [9.17, 15) is 8.78 Å². The lowest BCUT2D eigenvalue weighted by molar-refractivity contribution is -0.000894. The van der Waals surface area contributed by atoms with Crippen molar-refractivity contribution in [2.24, 2.45) is 0 Å². The highest BCUT2D eigenvalue weighted by Gasteiger charge is 2.27. The smallest absolute Gasteiger partial charge is 0.201 e. The Morgan fingerprint density at radius 1 is 0.762 bits per heavy atom. The second-order valence-electron chi connectivity index (χ2n) is 11.1. The Kier molecular flexibility index (Phi) is 12.1. The summed E-state index contributed by atoms with van der Waals surface area (Å²) in [7, 11) is 0. The van der Waals surface area contributed by atoms with E-state index < -0.39 is 23.3 Å². The van der Waals surface area contributed by atoms with Crippen molar-refractivity contribution in [2.45, 2.75) is 90.1 Å². The minimum absolute atomic E-state index is 0.0780. The Labute approximate surface area is 247 Å². The van der Waals surface area contributed by atoms with Gasteiger partial charge in [-0.1, -0.05) is 87.6 Å². The van der Waals surface area contributed by atoms with Crippen LogP contribution in [0.2, 0.25) is 0 Å². The molecule has 3 aromatic carbocycles. The molecule has 6 heteroatoms. The van der Waals surface area contributed by atoms with Crippen molar-refractivity contribution in [2.75, 3.05) is 13.2 Å². The molecule has 0 amide bonds. The van der Waals surface area contributed by atoms with Crippen molar-refractivity contribution in [3.8, 4) is 28.0 Å². The van der Waals surface area contributed by atoms with Crippen molar-refractivity contribution in [1.29, 1.82) is 0 Å². The molecule has 0 bridgehead atoms. The minimum Gasteiger partial charge on any atom is -0.490 e. The van der Waals surface area contributed by atoms with Gasteiger partial charge in [-0.3, -0.25) is 0 Å². The third-order valence-electron chi connectivity index (χ3n) is 8.12. The summed E-state index contributed by atoms with van der Waals surface area (Å²) in [5.74, 6) is -4.09. The van der Waals surface area contributed by atoms with Crippen LogP contribution < -0.4 is 4.74 Å². The van der Waals surface area contributed by atoms with Gasteiger partial charge in [-0.25, -0.2) is 13.2 Å². The van der Waals surface area contributed by atoms with Crippen molar-refractivity contribution < 1.29 is 27.0 Å². The molecule has 0 spiro atoms. The van der Waals surface area contributed by atoms with Gasteiger partial charge in [0.05, 0.1) is 19.3 Å². The van der Waals surface area contributed by atoms with Gasteiger partial charge in [0.15, 0.2) is 23.2 Å². The minimum atomic E-state index is -1.03. The van der Waals surface area contributed by atoms with E-state index in [2.05, 4.69) is 13.0 Å². The molecule has 0 radical (unpaired) electrons. The zero-order valence-corrected chi connectivity index (χ0v) is 24.7. The van der Waals surface area contributed by atoms with E-state index in [1.807, 2.05) is 13.0 Å². The molecule has 1 saturated heterocycles. The first-order valence-electron chi connectivity index (χ1n) is 15.4. The fraction of sp³-hybridized carbons (Fsp3) is 0.444. The number of hydrogen-bond donors (Lipinski definition) is 0. The summed E-state index contributed by atoms with van der Waals surface area (Å²) in [5, 5.41) is 0. The van der Waals surface area contributed by atoms with Gasteiger partial charge >= 0.3 is 0 Å². The van der Waals surface area contributed by atoms with Crippen LogP contribution in [0.25, 0.3) is 22.3 Å². The Morgan fingerprint density at radius 2 is 1.40 bits per heavy atom. The maximum atomic E-state index is 15.2. The molecule has 0 aliphatic carbocycles. The van der Waals surface area contributed by atoms with E-state index in [0.29, 0.717) is 29.9 Å². The Morgan fingerprint density at radius 3 is 2.05 bits per heavy atom. The number of halogens is 4. The van der Waals surface area contributed by atoms with E-state index in [0.717, 1.165) is 44.9 Å². The fourth-order valence-electron chi connectivity index (χ4n) is 5.59. The summed E-state index contributed by atoms with van der Waals surface area (Å²) in [6, 6.07) is 12.5.